The minimum atomic E-state index is -2.28. The molecule has 0 radical (unpaired) electrons. The van der Waals surface area contributed by atoms with Gasteiger partial charge in [-0.15, -0.1) is 0 Å². The van der Waals surface area contributed by atoms with Crippen LogP contribution in [0.2, 0.25) is 0 Å². The first-order valence-electron chi connectivity index (χ1n) is 20.7. The molecule has 0 amide bonds. The molecule has 316 valence electrons. The second-order valence-corrected chi connectivity index (χ2v) is 19.3. The lowest BCUT2D eigenvalue weighted by Crippen LogP contribution is -2.77. The maximum absolute atomic E-state index is 13.7. The Hall–Kier alpha value is -2.40. The minimum Gasteiger partial charge on any atom is -0.462 e. The lowest BCUT2D eigenvalue weighted by molar-refractivity contribution is -0.301. The van der Waals surface area contributed by atoms with E-state index in [0.29, 0.717) is 38.3 Å². The lowest BCUT2D eigenvalue weighted by atomic mass is 9.49. The van der Waals surface area contributed by atoms with Gasteiger partial charge in [0.1, 0.15) is 17.8 Å². The Morgan fingerprint density at radius 2 is 1.66 bits per heavy atom. The number of fused-ring (bicyclic) bond motifs is 5. The zero-order valence-electron chi connectivity index (χ0n) is 34.2. The van der Waals surface area contributed by atoms with Gasteiger partial charge in [0.05, 0.1) is 29.1 Å². The normalized spacial score (nSPS) is 49.8. The van der Waals surface area contributed by atoms with Crippen molar-refractivity contribution in [2.45, 2.75) is 172 Å². The van der Waals surface area contributed by atoms with E-state index in [1.807, 2.05) is 13.8 Å². The van der Waals surface area contributed by atoms with Crippen molar-refractivity contribution >= 4 is 23.9 Å². The number of carbonyl (C=O) groups excluding carboxylic acids is 4. The number of carbonyl (C=O) groups is 4. The first-order valence-corrected chi connectivity index (χ1v) is 20.7. The number of piperidine rings is 2. The SMILES string of the molecule is CC[C@@H](C)C(=O)O[C@H]1[C@H](O)[C@H]2[C@@H](CN3C[C@@H](C)CC[C@H]3[C@@]2(C)O)[C@@H]2C[C@@]34O[C@@]5(O)[C@@H](OC(=O)[C@@](C)(O)[C@@H](C)OC(C)=O)CC[C@@]3(C)[C@@H]5C[C@@H](OC(C)=O)[C@H]4[C@@]21O. The summed E-state index contributed by atoms with van der Waals surface area (Å²) in [6.07, 6.45) is -4.21. The number of esters is 4. The number of rotatable bonds is 8. The molecule has 19 atom stereocenters. The number of hydrogen-bond acceptors (Lipinski definition) is 15. The predicted octanol–water partition coefficient (Wildman–Crippen LogP) is 1.61. The number of aliphatic hydroxyl groups excluding tert-OH is 1. The molecule has 5 N–H and O–H groups in total. The van der Waals surface area contributed by atoms with Gasteiger partial charge in [0.25, 0.3) is 0 Å². The van der Waals surface area contributed by atoms with Gasteiger partial charge in [-0.2, -0.15) is 0 Å². The highest BCUT2D eigenvalue weighted by Crippen LogP contribution is 2.77. The quantitative estimate of drug-likeness (QED) is 0.174. The highest BCUT2D eigenvalue weighted by Gasteiger charge is 2.88. The van der Waals surface area contributed by atoms with Gasteiger partial charge < -0.3 is 49.2 Å². The summed E-state index contributed by atoms with van der Waals surface area (Å²) in [7, 11) is 0. The summed E-state index contributed by atoms with van der Waals surface area (Å²) in [5.74, 6) is -9.57. The van der Waals surface area contributed by atoms with Crippen molar-refractivity contribution in [3.8, 4) is 0 Å². The van der Waals surface area contributed by atoms with E-state index < -0.39 is 124 Å². The summed E-state index contributed by atoms with van der Waals surface area (Å²) in [5, 5.41) is 62.8. The number of hydrogen-bond donors (Lipinski definition) is 5. The fourth-order valence-corrected chi connectivity index (χ4v) is 13.1. The smallest absolute Gasteiger partial charge is 0.342 e. The number of aliphatic hydroxyl groups is 5. The van der Waals surface area contributed by atoms with Crippen molar-refractivity contribution in [3.63, 3.8) is 0 Å². The van der Waals surface area contributed by atoms with Crippen LogP contribution in [-0.2, 0) is 42.9 Å². The third kappa shape index (κ3) is 5.67. The Balaban J connectivity index is 1.35. The molecule has 0 unspecified atom stereocenters. The van der Waals surface area contributed by atoms with Crippen molar-refractivity contribution in [2.24, 2.45) is 46.8 Å². The predicted molar refractivity (Wildman–Crippen MR) is 195 cm³/mol. The van der Waals surface area contributed by atoms with E-state index >= 15 is 0 Å². The van der Waals surface area contributed by atoms with E-state index in [1.165, 1.54) is 13.8 Å². The Labute approximate surface area is 328 Å². The van der Waals surface area contributed by atoms with Gasteiger partial charge in [-0.05, 0) is 83.5 Å². The average molecular weight is 794 g/mol. The summed E-state index contributed by atoms with van der Waals surface area (Å²) < 4.78 is 30.3. The molecule has 4 bridgehead atoms. The second kappa shape index (κ2) is 13.6. The second-order valence-electron chi connectivity index (χ2n) is 19.3. The topological polar surface area (TPSA) is 219 Å². The van der Waals surface area contributed by atoms with Crippen LogP contribution in [-0.4, -0.2) is 132 Å². The van der Waals surface area contributed by atoms with Gasteiger partial charge in [0.15, 0.2) is 17.8 Å². The minimum absolute atomic E-state index is 0.0258. The standard InChI is InChI=1S/C41H63NO14/c1-10-20(3)34(46)55-33-31(45)30-24(18-42-17-19(2)11-12-28(42)38(30,9)49)25-16-39-32(40(25,33)50)26(53-23(6)44)15-27-36(39,7)14-13-29(41(27,51)56-39)54-35(47)37(8,48)21(4)52-22(5)43/h19-21,24-33,45,48-51H,10-18H2,1-9H3/t19-,20+,21+,24-,25-,26+,27-,28-,29-,30+,31+,32+,33-,36-,37-,38+,39-,40-,41+/m0/s1. The molecule has 3 heterocycles. The van der Waals surface area contributed by atoms with Gasteiger partial charge in [-0.1, -0.05) is 27.7 Å². The third-order valence-corrected chi connectivity index (χ3v) is 16.1. The van der Waals surface area contributed by atoms with Crippen LogP contribution in [0.1, 0.15) is 107 Å². The van der Waals surface area contributed by atoms with E-state index in [4.69, 9.17) is 23.7 Å². The van der Waals surface area contributed by atoms with Crippen molar-refractivity contribution in [3.05, 3.63) is 0 Å². The molecule has 3 aliphatic heterocycles. The maximum atomic E-state index is 13.7. The van der Waals surface area contributed by atoms with Gasteiger partial charge >= 0.3 is 23.9 Å². The molecule has 15 nitrogen and oxygen atoms in total. The average Bonchev–Trinajstić information content (AvgIpc) is 3.37. The molecule has 4 saturated carbocycles. The van der Waals surface area contributed by atoms with Crippen LogP contribution in [0.5, 0.6) is 0 Å². The summed E-state index contributed by atoms with van der Waals surface area (Å²) in [6.45, 7) is 15.4. The van der Waals surface area contributed by atoms with Crippen LogP contribution in [0.15, 0.2) is 0 Å². The fourth-order valence-electron chi connectivity index (χ4n) is 13.1. The van der Waals surface area contributed by atoms with Crippen molar-refractivity contribution in [1.82, 2.24) is 4.90 Å². The van der Waals surface area contributed by atoms with E-state index in [-0.39, 0.29) is 25.3 Å². The Kier molecular flexibility index (Phi) is 10.1. The Morgan fingerprint density at radius 1 is 0.982 bits per heavy atom. The molecule has 1 spiro atoms. The van der Waals surface area contributed by atoms with E-state index in [9.17, 15) is 44.7 Å². The summed E-state index contributed by atoms with van der Waals surface area (Å²) in [4.78, 5) is 54.2. The molecule has 56 heavy (non-hydrogen) atoms. The largest absolute Gasteiger partial charge is 0.462 e. The first kappa shape index (κ1) is 41.7. The summed E-state index contributed by atoms with van der Waals surface area (Å²) >= 11 is 0. The van der Waals surface area contributed by atoms with Crippen molar-refractivity contribution < 1.29 is 68.4 Å². The van der Waals surface area contributed by atoms with Crippen LogP contribution in [0.4, 0.5) is 0 Å². The molecular weight excluding hydrogens is 730 g/mol. The molecule has 0 aromatic carbocycles. The molecule has 0 aromatic rings. The maximum Gasteiger partial charge on any atom is 0.342 e. The zero-order valence-corrected chi connectivity index (χ0v) is 34.2. The van der Waals surface area contributed by atoms with Gasteiger partial charge in [-0.3, -0.25) is 19.3 Å². The molecule has 15 heteroatoms. The zero-order chi connectivity index (χ0) is 41.3. The number of nitrogens with zero attached hydrogens (tertiary/aromatic N) is 1. The Bertz CT molecular complexity index is 1620. The Morgan fingerprint density at radius 3 is 2.29 bits per heavy atom. The molecule has 0 aromatic heterocycles. The van der Waals surface area contributed by atoms with Crippen molar-refractivity contribution in [2.75, 3.05) is 13.1 Å². The lowest BCUT2D eigenvalue weighted by Gasteiger charge is -2.64. The highest BCUT2D eigenvalue weighted by molar-refractivity contribution is 5.80. The van der Waals surface area contributed by atoms with E-state index in [2.05, 4.69) is 11.8 Å². The summed E-state index contributed by atoms with van der Waals surface area (Å²) in [6, 6.07) is -0.275. The molecule has 4 aliphatic carbocycles. The van der Waals surface area contributed by atoms with E-state index in [0.717, 1.165) is 20.3 Å². The number of ether oxygens (including phenoxy) is 5. The molecule has 7 rings (SSSR count). The van der Waals surface area contributed by atoms with Crippen LogP contribution < -0.4 is 0 Å². The van der Waals surface area contributed by atoms with Crippen LogP contribution >= 0.6 is 0 Å². The molecule has 7 aliphatic rings. The van der Waals surface area contributed by atoms with Gasteiger partial charge in [-0.25, -0.2) is 4.79 Å². The monoisotopic (exact) mass is 793 g/mol. The van der Waals surface area contributed by atoms with Crippen LogP contribution in [0.25, 0.3) is 0 Å². The van der Waals surface area contributed by atoms with Crippen molar-refractivity contribution in [1.29, 1.82) is 0 Å². The van der Waals surface area contributed by atoms with Gasteiger partial charge in [0.2, 0.25) is 5.79 Å². The summed E-state index contributed by atoms with van der Waals surface area (Å²) in [5.41, 5.74) is -8.17. The molecular formula is C41H63NO14. The molecule has 7 fully saturated rings. The third-order valence-electron chi connectivity index (χ3n) is 16.1. The van der Waals surface area contributed by atoms with E-state index in [1.54, 1.807) is 13.8 Å². The van der Waals surface area contributed by atoms with Gasteiger partial charge in [0, 0.05) is 50.2 Å². The highest BCUT2D eigenvalue weighted by atomic mass is 16.7. The first-order chi connectivity index (χ1) is 25.9. The van der Waals surface area contributed by atoms with Crippen LogP contribution in [0, 0.1) is 46.8 Å². The van der Waals surface area contributed by atoms with Crippen LogP contribution in [0.3, 0.4) is 0 Å². The molecule has 3 saturated heterocycles. The fraction of sp³-hybridized carbons (Fsp3) is 0.902.